The molecule has 0 radical (unpaired) electrons. The van der Waals surface area contributed by atoms with Crippen LogP contribution >= 0.6 is 0 Å². The first-order valence-corrected chi connectivity index (χ1v) is 9.67. The van der Waals surface area contributed by atoms with E-state index in [0.29, 0.717) is 17.0 Å². The zero-order valence-corrected chi connectivity index (χ0v) is 16.5. The number of para-hydroxylation sites is 2. The van der Waals surface area contributed by atoms with Crippen molar-refractivity contribution in [1.29, 1.82) is 0 Å². The van der Waals surface area contributed by atoms with Crippen LogP contribution in [-0.4, -0.2) is 18.3 Å². The predicted molar refractivity (Wildman–Crippen MR) is 117 cm³/mol. The van der Waals surface area contributed by atoms with Crippen molar-refractivity contribution >= 4 is 34.0 Å². The van der Waals surface area contributed by atoms with Crippen LogP contribution in [0, 0.1) is 0 Å². The van der Waals surface area contributed by atoms with Gasteiger partial charge in [0.05, 0.1) is 12.7 Å². The van der Waals surface area contributed by atoms with Gasteiger partial charge >= 0.3 is 6.18 Å². The lowest BCUT2D eigenvalue weighted by Crippen LogP contribution is -2.04. The highest BCUT2D eigenvalue weighted by molar-refractivity contribution is 6.28. The molecule has 0 atom stereocenters. The quantitative estimate of drug-likeness (QED) is 0.387. The summed E-state index contributed by atoms with van der Waals surface area (Å²) in [4.78, 5) is 7.81. The van der Waals surface area contributed by atoms with Crippen LogP contribution < -0.4 is 4.74 Å². The van der Waals surface area contributed by atoms with Crippen molar-refractivity contribution in [3.05, 3.63) is 95.2 Å². The second-order valence-corrected chi connectivity index (χ2v) is 7.23. The van der Waals surface area contributed by atoms with E-state index in [4.69, 9.17) is 4.74 Å². The van der Waals surface area contributed by atoms with Crippen LogP contribution in [0.5, 0.6) is 5.75 Å². The summed E-state index contributed by atoms with van der Waals surface area (Å²) in [7, 11) is 1.59. The third-order valence-corrected chi connectivity index (χ3v) is 5.46. The highest BCUT2D eigenvalue weighted by atomic mass is 19.4. The molecule has 0 saturated heterocycles. The number of ether oxygens (including phenoxy) is 1. The maximum atomic E-state index is 13.1. The third-order valence-electron chi connectivity index (χ3n) is 5.46. The molecule has 3 nitrogen and oxygen atoms in total. The lowest BCUT2D eigenvalue weighted by Gasteiger charge is -2.14. The SMILES string of the molecule is COc1cccc2c1N=CC2=C(c1ccc(C(F)(F)F)cc1)c1c[nH]c2ccccc12. The number of hydrogen-bond acceptors (Lipinski definition) is 2. The molecule has 1 aliphatic rings. The van der Waals surface area contributed by atoms with Crippen molar-refractivity contribution in [2.45, 2.75) is 6.18 Å². The number of methoxy groups -OCH3 is 1. The average Bonchev–Trinajstić information content (AvgIpc) is 3.39. The Bertz CT molecular complexity index is 1350. The number of aromatic amines is 1. The molecule has 6 heteroatoms. The number of rotatable bonds is 3. The molecule has 1 N–H and O–H groups in total. The number of nitrogens with one attached hydrogen (secondary N) is 1. The first-order valence-electron chi connectivity index (χ1n) is 9.67. The van der Waals surface area contributed by atoms with Gasteiger partial charge in [0.1, 0.15) is 11.4 Å². The largest absolute Gasteiger partial charge is 0.494 e. The maximum Gasteiger partial charge on any atom is 0.416 e. The second-order valence-electron chi connectivity index (χ2n) is 7.23. The second kappa shape index (κ2) is 7.16. The molecule has 0 spiro atoms. The summed E-state index contributed by atoms with van der Waals surface area (Å²) < 4.78 is 44.8. The molecule has 2 heterocycles. The lowest BCUT2D eigenvalue weighted by molar-refractivity contribution is -0.137. The van der Waals surface area contributed by atoms with Crippen LogP contribution in [0.2, 0.25) is 0 Å². The minimum atomic E-state index is -4.39. The van der Waals surface area contributed by atoms with Crippen LogP contribution in [0.3, 0.4) is 0 Å². The summed E-state index contributed by atoms with van der Waals surface area (Å²) in [6, 6.07) is 18.7. The van der Waals surface area contributed by atoms with Crippen molar-refractivity contribution in [2.75, 3.05) is 7.11 Å². The van der Waals surface area contributed by atoms with Gasteiger partial charge in [0.25, 0.3) is 0 Å². The van der Waals surface area contributed by atoms with Gasteiger partial charge < -0.3 is 9.72 Å². The molecular weight excluding hydrogens is 401 g/mol. The number of benzene rings is 3. The van der Waals surface area contributed by atoms with E-state index in [2.05, 4.69) is 9.98 Å². The Kier molecular flexibility index (Phi) is 4.43. The van der Waals surface area contributed by atoms with E-state index in [1.807, 2.05) is 48.7 Å². The van der Waals surface area contributed by atoms with Gasteiger partial charge in [0.2, 0.25) is 0 Å². The number of hydrogen-bond donors (Lipinski definition) is 1. The molecule has 4 aromatic rings. The minimum Gasteiger partial charge on any atom is -0.494 e. The molecule has 3 aromatic carbocycles. The monoisotopic (exact) mass is 418 g/mol. The smallest absolute Gasteiger partial charge is 0.416 e. The van der Waals surface area contributed by atoms with Crippen molar-refractivity contribution in [1.82, 2.24) is 4.98 Å². The summed E-state index contributed by atoms with van der Waals surface area (Å²) >= 11 is 0. The Labute approximate surface area is 176 Å². The van der Waals surface area contributed by atoms with Crippen LogP contribution in [-0.2, 0) is 6.18 Å². The van der Waals surface area contributed by atoms with Crippen LogP contribution in [0.25, 0.3) is 22.0 Å². The van der Waals surface area contributed by atoms with Gasteiger partial charge in [0, 0.05) is 45.6 Å². The van der Waals surface area contributed by atoms with E-state index in [-0.39, 0.29) is 0 Å². The molecule has 0 unspecified atom stereocenters. The van der Waals surface area contributed by atoms with Gasteiger partial charge in [-0.15, -0.1) is 0 Å². The van der Waals surface area contributed by atoms with E-state index in [0.717, 1.165) is 45.3 Å². The van der Waals surface area contributed by atoms with Crippen LogP contribution in [0.1, 0.15) is 22.3 Å². The van der Waals surface area contributed by atoms with Crippen molar-refractivity contribution < 1.29 is 17.9 Å². The molecule has 0 amide bonds. The minimum absolute atomic E-state index is 0.648. The van der Waals surface area contributed by atoms with E-state index >= 15 is 0 Å². The summed E-state index contributed by atoms with van der Waals surface area (Å²) in [5.74, 6) is 0.648. The number of H-pyrrole nitrogens is 1. The van der Waals surface area contributed by atoms with Crippen LogP contribution in [0.15, 0.2) is 77.9 Å². The van der Waals surface area contributed by atoms with E-state index < -0.39 is 11.7 Å². The fourth-order valence-electron chi connectivity index (χ4n) is 4.00. The molecular formula is C25H17F3N2O. The summed E-state index contributed by atoms with van der Waals surface area (Å²) in [6.45, 7) is 0. The Balaban J connectivity index is 1.79. The fourth-order valence-corrected chi connectivity index (χ4v) is 4.00. The normalized spacial score (nSPS) is 14.7. The molecule has 0 aliphatic carbocycles. The predicted octanol–water partition coefficient (Wildman–Crippen LogP) is 6.87. The fraction of sp³-hybridized carbons (Fsp3) is 0.0800. The van der Waals surface area contributed by atoms with E-state index in [1.165, 1.54) is 12.1 Å². The summed E-state index contributed by atoms with van der Waals surface area (Å²) in [5, 5.41) is 0.981. The topological polar surface area (TPSA) is 37.4 Å². The molecule has 1 aliphatic heterocycles. The van der Waals surface area contributed by atoms with E-state index in [9.17, 15) is 13.2 Å². The lowest BCUT2D eigenvalue weighted by atomic mass is 9.89. The zero-order chi connectivity index (χ0) is 21.6. The standard InChI is InChI=1S/C25H17F3N2O/c1-31-22-8-4-6-18-20(14-30-24(18)22)23(15-9-11-16(12-10-15)25(26,27)28)19-13-29-21-7-3-2-5-17(19)21/h2-14,29H,1H3. The highest BCUT2D eigenvalue weighted by Crippen LogP contribution is 2.45. The average molecular weight is 418 g/mol. The van der Waals surface area contributed by atoms with Gasteiger partial charge in [-0.3, -0.25) is 4.99 Å². The van der Waals surface area contributed by atoms with Crippen molar-refractivity contribution in [3.8, 4) is 5.75 Å². The first kappa shape index (κ1) is 19.2. The Morgan fingerprint density at radius 1 is 0.935 bits per heavy atom. The number of aromatic nitrogens is 1. The number of allylic oxidation sites excluding steroid dienone is 1. The van der Waals surface area contributed by atoms with Gasteiger partial charge in [-0.2, -0.15) is 13.2 Å². The number of aliphatic imine (C=N–C) groups is 1. The molecule has 31 heavy (non-hydrogen) atoms. The van der Waals surface area contributed by atoms with Gasteiger partial charge in [-0.1, -0.05) is 42.5 Å². The molecule has 5 rings (SSSR count). The molecule has 0 bridgehead atoms. The van der Waals surface area contributed by atoms with Gasteiger partial charge in [-0.05, 0) is 29.8 Å². The first-order chi connectivity index (χ1) is 15.0. The Morgan fingerprint density at radius 3 is 2.45 bits per heavy atom. The number of fused-ring (bicyclic) bond motifs is 2. The summed E-state index contributed by atoms with van der Waals surface area (Å²) in [5.41, 5.74) is 5.07. The Morgan fingerprint density at radius 2 is 1.71 bits per heavy atom. The number of halogens is 3. The highest BCUT2D eigenvalue weighted by Gasteiger charge is 2.30. The number of alkyl halides is 3. The zero-order valence-electron chi connectivity index (χ0n) is 16.5. The molecule has 0 fully saturated rings. The van der Waals surface area contributed by atoms with Crippen molar-refractivity contribution in [2.24, 2.45) is 4.99 Å². The molecule has 154 valence electrons. The van der Waals surface area contributed by atoms with E-state index in [1.54, 1.807) is 13.3 Å². The maximum absolute atomic E-state index is 13.1. The number of nitrogens with zero attached hydrogens (tertiary/aromatic N) is 1. The summed E-state index contributed by atoms with van der Waals surface area (Å²) in [6.07, 6.45) is -0.750. The van der Waals surface area contributed by atoms with Gasteiger partial charge in [0.15, 0.2) is 0 Å². The molecule has 1 aromatic heterocycles. The molecule has 0 saturated carbocycles. The van der Waals surface area contributed by atoms with Crippen molar-refractivity contribution in [3.63, 3.8) is 0 Å². The van der Waals surface area contributed by atoms with Gasteiger partial charge in [-0.25, -0.2) is 0 Å². The van der Waals surface area contributed by atoms with Crippen LogP contribution in [0.4, 0.5) is 18.9 Å². The Hall–Kier alpha value is -3.80. The third kappa shape index (κ3) is 3.20.